The highest BCUT2D eigenvalue weighted by Crippen LogP contribution is 2.12. The van der Waals surface area contributed by atoms with Crippen molar-refractivity contribution in [2.75, 3.05) is 5.32 Å². The fourth-order valence-electron chi connectivity index (χ4n) is 1.62. The Morgan fingerprint density at radius 1 is 1.35 bits per heavy atom. The van der Waals surface area contributed by atoms with Gasteiger partial charge in [0.15, 0.2) is 0 Å². The van der Waals surface area contributed by atoms with Crippen LogP contribution in [0.25, 0.3) is 0 Å². The summed E-state index contributed by atoms with van der Waals surface area (Å²) in [5.41, 5.74) is 1.82. The molecule has 0 heterocycles. The Kier molecular flexibility index (Phi) is 4.69. The first-order valence-electron chi connectivity index (χ1n) is 5.55. The van der Waals surface area contributed by atoms with E-state index >= 15 is 0 Å². The monoisotopic (exact) mass is 235 g/mol. The summed E-state index contributed by atoms with van der Waals surface area (Å²) in [6, 6.07) is 7.50. The molecule has 1 aromatic rings. The van der Waals surface area contributed by atoms with Gasteiger partial charge in [0, 0.05) is 18.5 Å². The molecule has 0 saturated carbocycles. The Hall–Kier alpha value is -1.84. The maximum atomic E-state index is 11.6. The van der Waals surface area contributed by atoms with Crippen molar-refractivity contribution in [3.05, 3.63) is 29.8 Å². The topological polar surface area (TPSA) is 66.4 Å². The van der Waals surface area contributed by atoms with Crippen LogP contribution in [0.15, 0.2) is 24.3 Å². The van der Waals surface area contributed by atoms with E-state index in [2.05, 4.69) is 5.32 Å². The summed E-state index contributed by atoms with van der Waals surface area (Å²) in [6.07, 6.45) is 0.238. The van der Waals surface area contributed by atoms with Crippen LogP contribution >= 0.6 is 0 Å². The summed E-state index contributed by atoms with van der Waals surface area (Å²) in [7, 11) is 0. The summed E-state index contributed by atoms with van der Waals surface area (Å²) in [6.45, 7) is 3.70. The van der Waals surface area contributed by atoms with Crippen molar-refractivity contribution in [3.8, 4) is 0 Å². The van der Waals surface area contributed by atoms with Crippen molar-refractivity contribution < 1.29 is 14.7 Å². The minimum Gasteiger partial charge on any atom is -0.481 e. The molecule has 4 heteroatoms. The van der Waals surface area contributed by atoms with Gasteiger partial charge in [-0.15, -0.1) is 0 Å². The molecule has 0 unspecified atom stereocenters. The lowest BCUT2D eigenvalue weighted by Gasteiger charge is -2.09. The van der Waals surface area contributed by atoms with Gasteiger partial charge in [0.1, 0.15) is 0 Å². The van der Waals surface area contributed by atoms with Gasteiger partial charge in [0.25, 0.3) is 0 Å². The molecule has 0 aliphatic heterocycles. The van der Waals surface area contributed by atoms with Gasteiger partial charge in [0.2, 0.25) is 5.91 Å². The van der Waals surface area contributed by atoms with Crippen LogP contribution in [0, 0.1) is 12.8 Å². The average Bonchev–Trinajstić information content (AvgIpc) is 2.14. The minimum absolute atomic E-state index is 0.0151. The molecule has 0 spiro atoms. The van der Waals surface area contributed by atoms with Gasteiger partial charge in [0.05, 0.1) is 0 Å². The van der Waals surface area contributed by atoms with Gasteiger partial charge in [-0.2, -0.15) is 0 Å². The molecule has 0 saturated heterocycles. The second kappa shape index (κ2) is 6.03. The van der Waals surface area contributed by atoms with Gasteiger partial charge in [-0.05, 0) is 30.5 Å². The molecule has 0 aromatic heterocycles. The largest absolute Gasteiger partial charge is 0.481 e. The highest BCUT2D eigenvalue weighted by Gasteiger charge is 2.12. The molecule has 1 aromatic carbocycles. The maximum Gasteiger partial charge on any atom is 0.303 e. The van der Waals surface area contributed by atoms with Crippen LogP contribution in [0.5, 0.6) is 0 Å². The van der Waals surface area contributed by atoms with Crippen molar-refractivity contribution in [2.45, 2.75) is 26.7 Å². The van der Waals surface area contributed by atoms with E-state index < -0.39 is 5.97 Å². The third-order valence-corrected chi connectivity index (χ3v) is 2.36. The number of carbonyl (C=O) groups is 2. The molecule has 0 fully saturated rings. The van der Waals surface area contributed by atoms with Crippen molar-refractivity contribution in [3.63, 3.8) is 0 Å². The number of carboxylic acids is 1. The molecule has 1 amide bonds. The second-order valence-corrected chi connectivity index (χ2v) is 4.32. The lowest BCUT2D eigenvalue weighted by molar-refractivity contribution is -0.138. The van der Waals surface area contributed by atoms with E-state index in [-0.39, 0.29) is 24.7 Å². The zero-order valence-corrected chi connectivity index (χ0v) is 10.1. The number of carboxylic acid groups (broad SMARTS) is 1. The van der Waals surface area contributed by atoms with E-state index in [1.165, 1.54) is 0 Å². The predicted octanol–water partition coefficient (Wildman–Crippen LogP) is 2.43. The number of rotatable bonds is 5. The molecular formula is C13H17NO3. The molecule has 0 aliphatic rings. The number of hydrogen-bond acceptors (Lipinski definition) is 2. The molecule has 0 aliphatic carbocycles. The summed E-state index contributed by atoms with van der Waals surface area (Å²) in [4.78, 5) is 22.1. The first kappa shape index (κ1) is 13.2. The Morgan fingerprint density at radius 2 is 2.06 bits per heavy atom. The first-order chi connectivity index (χ1) is 7.97. The van der Waals surface area contributed by atoms with Gasteiger partial charge >= 0.3 is 5.97 Å². The Morgan fingerprint density at radius 3 is 2.65 bits per heavy atom. The van der Waals surface area contributed by atoms with Crippen molar-refractivity contribution in [2.24, 2.45) is 5.92 Å². The van der Waals surface area contributed by atoms with Crippen LogP contribution in [0.1, 0.15) is 25.3 Å². The van der Waals surface area contributed by atoms with Crippen LogP contribution < -0.4 is 5.32 Å². The van der Waals surface area contributed by atoms with Crippen LogP contribution in [0.4, 0.5) is 5.69 Å². The standard InChI is InChI=1S/C13H17NO3/c1-9-4-3-5-11(6-9)14-12(15)7-10(2)8-13(16)17/h3-6,10H,7-8H2,1-2H3,(H,14,15)(H,16,17)/t10-/m0/s1. The highest BCUT2D eigenvalue weighted by atomic mass is 16.4. The van der Waals surface area contributed by atoms with Crippen molar-refractivity contribution in [1.29, 1.82) is 0 Å². The van der Waals surface area contributed by atoms with E-state index in [0.717, 1.165) is 11.3 Å². The van der Waals surface area contributed by atoms with Crippen molar-refractivity contribution in [1.82, 2.24) is 0 Å². The van der Waals surface area contributed by atoms with E-state index in [0.29, 0.717) is 0 Å². The number of hydrogen-bond donors (Lipinski definition) is 2. The molecule has 0 radical (unpaired) electrons. The summed E-state index contributed by atoms with van der Waals surface area (Å²) >= 11 is 0. The number of benzene rings is 1. The zero-order chi connectivity index (χ0) is 12.8. The number of aliphatic carboxylic acids is 1. The van der Waals surface area contributed by atoms with Crippen LogP contribution in [-0.4, -0.2) is 17.0 Å². The summed E-state index contributed by atoms with van der Waals surface area (Å²) in [5.74, 6) is -1.18. The molecule has 17 heavy (non-hydrogen) atoms. The Balaban J connectivity index is 2.47. The molecular weight excluding hydrogens is 218 g/mol. The predicted molar refractivity (Wildman–Crippen MR) is 65.8 cm³/mol. The molecule has 92 valence electrons. The minimum atomic E-state index is -0.874. The first-order valence-corrected chi connectivity index (χ1v) is 5.55. The van der Waals surface area contributed by atoms with Crippen molar-refractivity contribution >= 4 is 17.6 Å². The smallest absolute Gasteiger partial charge is 0.303 e. The third-order valence-electron chi connectivity index (χ3n) is 2.36. The fourth-order valence-corrected chi connectivity index (χ4v) is 1.62. The van der Waals surface area contributed by atoms with E-state index in [1.54, 1.807) is 6.92 Å². The molecule has 4 nitrogen and oxygen atoms in total. The number of amides is 1. The van der Waals surface area contributed by atoms with Gasteiger partial charge in [-0.1, -0.05) is 19.1 Å². The molecule has 0 bridgehead atoms. The van der Waals surface area contributed by atoms with Gasteiger partial charge < -0.3 is 10.4 Å². The summed E-state index contributed by atoms with van der Waals surface area (Å²) < 4.78 is 0. The summed E-state index contributed by atoms with van der Waals surface area (Å²) in [5, 5.41) is 11.3. The van der Waals surface area contributed by atoms with E-state index in [4.69, 9.17) is 5.11 Å². The number of nitrogens with one attached hydrogen (secondary N) is 1. The zero-order valence-electron chi connectivity index (χ0n) is 10.1. The fraction of sp³-hybridized carbons (Fsp3) is 0.385. The maximum absolute atomic E-state index is 11.6. The average molecular weight is 235 g/mol. The molecule has 1 atom stereocenters. The Labute approximate surface area is 101 Å². The van der Waals surface area contributed by atoms with E-state index in [1.807, 2.05) is 31.2 Å². The number of carbonyl (C=O) groups excluding carboxylic acids is 1. The Bertz CT molecular complexity index is 415. The van der Waals surface area contributed by atoms with Gasteiger partial charge in [-0.3, -0.25) is 9.59 Å². The number of anilines is 1. The lowest BCUT2D eigenvalue weighted by atomic mass is 10.0. The highest BCUT2D eigenvalue weighted by molar-refractivity contribution is 5.91. The normalized spacial score (nSPS) is 11.9. The quantitative estimate of drug-likeness (QED) is 0.823. The number of aryl methyl sites for hydroxylation is 1. The van der Waals surface area contributed by atoms with Gasteiger partial charge in [-0.25, -0.2) is 0 Å². The SMILES string of the molecule is Cc1cccc(NC(=O)C[C@H](C)CC(=O)O)c1. The molecule has 1 rings (SSSR count). The second-order valence-electron chi connectivity index (χ2n) is 4.32. The lowest BCUT2D eigenvalue weighted by Crippen LogP contribution is -2.16. The van der Waals surface area contributed by atoms with E-state index in [9.17, 15) is 9.59 Å². The van der Waals surface area contributed by atoms with Crippen LogP contribution in [-0.2, 0) is 9.59 Å². The third kappa shape index (κ3) is 5.15. The van der Waals surface area contributed by atoms with Crippen LogP contribution in [0.2, 0.25) is 0 Å². The van der Waals surface area contributed by atoms with Crippen LogP contribution in [0.3, 0.4) is 0 Å². The molecule has 2 N–H and O–H groups in total.